The smallest absolute Gasteiger partial charge is 0.320 e. The lowest BCUT2D eigenvalue weighted by Gasteiger charge is -2.53. The molecule has 5 rings (SSSR count). The highest BCUT2D eigenvalue weighted by Crippen LogP contribution is 2.38. The average molecular weight is 431 g/mol. The minimum absolute atomic E-state index is 0.168. The zero-order valence-electron chi connectivity index (χ0n) is 18.8. The largest absolute Gasteiger partial charge is 0.353 e. The molecular formula is C24H38N4O3. The van der Waals surface area contributed by atoms with E-state index in [-0.39, 0.29) is 18.0 Å². The van der Waals surface area contributed by atoms with Gasteiger partial charge in [0.2, 0.25) is 11.8 Å². The van der Waals surface area contributed by atoms with Gasteiger partial charge in [-0.05, 0) is 62.7 Å². The van der Waals surface area contributed by atoms with Crippen LogP contribution < -0.4 is 5.32 Å². The molecule has 5 aliphatic rings. The predicted octanol–water partition coefficient (Wildman–Crippen LogP) is 2.60. The van der Waals surface area contributed by atoms with Crippen LogP contribution in [0.15, 0.2) is 0 Å². The second kappa shape index (κ2) is 8.99. The molecule has 5 fully saturated rings. The molecule has 4 heterocycles. The number of hydrogen-bond donors (Lipinski definition) is 1. The molecule has 7 heteroatoms. The van der Waals surface area contributed by atoms with Crippen LogP contribution in [0.1, 0.15) is 70.6 Å². The van der Waals surface area contributed by atoms with Crippen molar-refractivity contribution in [2.45, 2.75) is 82.7 Å². The predicted molar refractivity (Wildman–Crippen MR) is 117 cm³/mol. The van der Waals surface area contributed by atoms with E-state index in [9.17, 15) is 14.4 Å². The summed E-state index contributed by atoms with van der Waals surface area (Å²) in [6, 6.07) is 0.718. The third kappa shape index (κ3) is 4.56. The quantitative estimate of drug-likeness (QED) is 0.748. The third-order valence-electron chi connectivity index (χ3n) is 8.53. The van der Waals surface area contributed by atoms with Crippen LogP contribution >= 0.6 is 0 Å². The molecule has 31 heavy (non-hydrogen) atoms. The molecule has 1 N–H and O–H groups in total. The fourth-order valence-corrected chi connectivity index (χ4v) is 6.94. The molecule has 2 unspecified atom stereocenters. The van der Waals surface area contributed by atoms with Gasteiger partial charge in [0.25, 0.3) is 0 Å². The van der Waals surface area contributed by atoms with Gasteiger partial charge in [-0.3, -0.25) is 9.59 Å². The number of piperidine rings is 4. The van der Waals surface area contributed by atoms with E-state index in [0.717, 1.165) is 64.8 Å². The lowest BCUT2D eigenvalue weighted by atomic mass is 9.76. The molecule has 7 nitrogen and oxygen atoms in total. The Morgan fingerprint density at radius 3 is 2.45 bits per heavy atom. The Morgan fingerprint density at radius 1 is 0.903 bits per heavy atom. The first kappa shape index (κ1) is 21.1. The van der Waals surface area contributed by atoms with Gasteiger partial charge in [0.1, 0.15) is 0 Å². The number of hydrogen-bond acceptors (Lipinski definition) is 3. The van der Waals surface area contributed by atoms with E-state index < -0.39 is 0 Å². The maximum absolute atomic E-state index is 13.3. The van der Waals surface area contributed by atoms with E-state index in [1.54, 1.807) is 0 Å². The normalized spacial score (nSPS) is 32.2. The molecule has 0 radical (unpaired) electrons. The average Bonchev–Trinajstić information content (AvgIpc) is 3.27. The Kier molecular flexibility index (Phi) is 6.11. The molecule has 0 spiro atoms. The minimum atomic E-state index is 0.168. The maximum Gasteiger partial charge on any atom is 0.320 e. The van der Waals surface area contributed by atoms with Crippen molar-refractivity contribution in [3.63, 3.8) is 0 Å². The zero-order chi connectivity index (χ0) is 21.4. The van der Waals surface area contributed by atoms with Crippen molar-refractivity contribution in [3.8, 4) is 0 Å². The van der Waals surface area contributed by atoms with Gasteiger partial charge in [-0.15, -0.1) is 0 Å². The molecular weight excluding hydrogens is 392 g/mol. The summed E-state index contributed by atoms with van der Waals surface area (Å²) in [6.45, 7) is 3.87. The highest BCUT2D eigenvalue weighted by molar-refractivity contribution is 5.78. The van der Waals surface area contributed by atoms with Crippen molar-refractivity contribution in [2.24, 2.45) is 17.8 Å². The molecule has 4 amide bonds. The Balaban J connectivity index is 1.10. The Hall–Kier alpha value is -1.79. The van der Waals surface area contributed by atoms with E-state index in [1.807, 2.05) is 4.90 Å². The Labute approximate surface area is 185 Å². The number of likely N-dealkylation sites (tertiary alicyclic amines) is 2. The number of rotatable bonds is 3. The summed E-state index contributed by atoms with van der Waals surface area (Å²) in [6.07, 6.45) is 11.3. The molecule has 0 aromatic rings. The van der Waals surface area contributed by atoms with Crippen LogP contribution in [0.4, 0.5) is 4.79 Å². The molecule has 0 aromatic heterocycles. The van der Waals surface area contributed by atoms with Gasteiger partial charge in [0.15, 0.2) is 0 Å². The van der Waals surface area contributed by atoms with Crippen molar-refractivity contribution in [3.05, 3.63) is 0 Å². The number of carbonyl (C=O) groups excluding carboxylic acids is 3. The van der Waals surface area contributed by atoms with Crippen LogP contribution in [0, 0.1) is 17.8 Å². The summed E-state index contributed by atoms with van der Waals surface area (Å²) < 4.78 is 0. The van der Waals surface area contributed by atoms with Crippen LogP contribution in [-0.4, -0.2) is 77.4 Å². The van der Waals surface area contributed by atoms with Gasteiger partial charge in [0.05, 0.1) is 0 Å². The van der Waals surface area contributed by atoms with Crippen molar-refractivity contribution in [1.29, 1.82) is 0 Å². The third-order valence-corrected chi connectivity index (χ3v) is 8.53. The van der Waals surface area contributed by atoms with E-state index >= 15 is 0 Å². The van der Waals surface area contributed by atoms with Crippen molar-refractivity contribution >= 4 is 17.8 Å². The lowest BCUT2D eigenvalue weighted by molar-refractivity contribution is -0.144. The fourth-order valence-electron chi connectivity index (χ4n) is 6.94. The van der Waals surface area contributed by atoms with E-state index in [4.69, 9.17) is 0 Å². The second-order valence-electron chi connectivity index (χ2n) is 10.7. The first-order valence-corrected chi connectivity index (χ1v) is 12.7. The topological polar surface area (TPSA) is 73.0 Å². The minimum Gasteiger partial charge on any atom is -0.353 e. The van der Waals surface area contributed by atoms with Crippen molar-refractivity contribution < 1.29 is 14.4 Å². The standard InChI is InChI=1S/C24H38N4O3/c29-22(13-17-4-1-2-5-17)25-20-8-10-26(11-9-20)24(31)27-14-18-12-19(16-27)21-6-3-7-23(30)28(21)15-18/h17-21H,1-16H2,(H,25,29)/t18?,19?,21-/m1/s1. The summed E-state index contributed by atoms with van der Waals surface area (Å²) >= 11 is 0. The SMILES string of the molecule is O=C(CC1CCCC1)NC1CCN(C(=O)N2CC3CC(C2)[C@H]2CCCC(=O)N2C3)CC1. The molecule has 0 aromatic carbocycles. The summed E-state index contributed by atoms with van der Waals surface area (Å²) in [5, 5.41) is 3.22. The molecule has 172 valence electrons. The first-order valence-electron chi connectivity index (χ1n) is 12.7. The van der Waals surface area contributed by atoms with Crippen LogP contribution in [0.25, 0.3) is 0 Å². The second-order valence-corrected chi connectivity index (χ2v) is 10.7. The number of nitrogens with one attached hydrogen (secondary N) is 1. The van der Waals surface area contributed by atoms with Crippen molar-refractivity contribution in [1.82, 2.24) is 20.0 Å². The van der Waals surface area contributed by atoms with Gasteiger partial charge in [0, 0.05) is 57.6 Å². The Bertz CT molecular complexity index is 699. The molecule has 1 aliphatic carbocycles. The number of amides is 4. The van der Waals surface area contributed by atoms with Gasteiger partial charge in [-0.2, -0.15) is 0 Å². The molecule has 2 bridgehead atoms. The van der Waals surface area contributed by atoms with E-state index in [2.05, 4.69) is 15.1 Å². The summed E-state index contributed by atoms with van der Waals surface area (Å²) in [5.41, 5.74) is 0. The molecule has 4 saturated heterocycles. The monoisotopic (exact) mass is 430 g/mol. The Morgan fingerprint density at radius 2 is 1.68 bits per heavy atom. The molecule has 1 saturated carbocycles. The summed E-state index contributed by atoms with van der Waals surface area (Å²) in [5.74, 6) is 1.96. The fraction of sp³-hybridized carbons (Fsp3) is 0.875. The van der Waals surface area contributed by atoms with E-state index in [0.29, 0.717) is 42.5 Å². The highest BCUT2D eigenvalue weighted by Gasteiger charge is 2.45. The number of nitrogens with zero attached hydrogens (tertiary/aromatic N) is 3. The maximum atomic E-state index is 13.3. The zero-order valence-corrected chi connectivity index (χ0v) is 18.8. The van der Waals surface area contributed by atoms with Crippen LogP contribution in [0.3, 0.4) is 0 Å². The van der Waals surface area contributed by atoms with Crippen LogP contribution in [-0.2, 0) is 9.59 Å². The van der Waals surface area contributed by atoms with E-state index in [1.165, 1.54) is 25.7 Å². The lowest BCUT2D eigenvalue weighted by Crippen LogP contribution is -2.62. The molecule has 4 aliphatic heterocycles. The van der Waals surface area contributed by atoms with Gasteiger partial charge in [-0.1, -0.05) is 12.8 Å². The van der Waals surface area contributed by atoms with Gasteiger partial charge < -0.3 is 20.0 Å². The van der Waals surface area contributed by atoms with Crippen LogP contribution in [0.5, 0.6) is 0 Å². The van der Waals surface area contributed by atoms with Gasteiger partial charge >= 0.3 is 6.03 Å². The number of fused-ring (bicyclic) bond motifs is 4. The number of carbonyl (C=O) groups is 3. The molecule has 3 atom stereocenters. The van der Waals surface area contributed by atoms with Gasteiger partial charge in [-0.25, -0.2) is 4.79 Å². The van der Waals surface area contributed by atoms with Crippen molar-refractivity contribution in [2.75, 3.05) is 32.7 Å². The highest BCUT2D eigenvalue weighted by atomic mass is 16.2. The number of urea groups is 1. The van der Waals surface area contributed by atoms with Crippen LogP contribution in [0.2, 0.25) is 0 Å². The summed E-state index contributed by atoms with van der Waals surface area (Å²) in [4.78, 5) is 44.1. The first-order chi connectivity index (χ1) is 15.1. The summed E-state index contributed by atoms with van der Waals surface area (Å²) in [7, 11) is 0.